The molecule has 0 radical (unpaired) electrons. The predicted molar refractivity (Wildman–Crippen MR) is 196 cm³/mol. The molecule has 9 rings (SSSR count). The van der Waals surface area contributed by atoms with Crippen molar-refractivity contribution in [2.75, 3.05) is 52.5 Å². The van der Waals surface area contributed by atoms with Gasteiger partial charge >= 0.3 is 13.2 Å². The SMILES string of the molecule is CC1(C)[C@@H]2C[C@H]3OB(C4(NC(=O)O[C@H]5CCCN(C(=O)C(C#N)CCC(C)(C)N6CCN(C7COC7)CC6)C5)CC4c4ccccc4)O[C@@]3(C)[C@H]1C2. The molecule has 12 heteroatoms. The van der Waals surface area contributed by atoms with Crippen molar-refractivity contribution in [3.8, 4) is 6.07 Å². The Morgan fingerprint density at radius 3 is 2.52 bits per heavy atom. The molecule has 2 amide bonds. The third-order valence-corrected chi connectivity index (χ3v) is 14.7. The highest BCUT2D eigenvalue weighted by Gasteiger charge is 2.75. The summed E-state index contributed by atoms with van der Waals surface area (Å²) < 4.78 is 25.1. The maximum atomic E-state index is 13.8. The van der Waals surface area contributed by atoms with Crippen molar-refractivity contribution in [3.05, 3.63) is 35.9 Å². The van der Waals surface area contributed by atoms with Crippen LogP contribution in [0.2, 0.25) is 0 Å². The molecule has 1 aromatic carbocycles. The first-order chi connectivity index (χ1) is 24.8. The molecular weight excluding hydrogens is 657 g/mol. The van der Waals surface area contributed by atoms with Gasteiger partial charge in [0.2, 0.25) is 5.91 Å². The molecule has 4 aliphatic carbocycles. The lowest BCUT2D eigenvalue weighted by molar-refractivity contribution is -0.199. The van der Waals surface area contributed by atoms with Crippen molar-refractivity contribution in [2.45, 2.75) is 120 Å². The Morgan fingerprint density at radius 2 is 1.85 bits per heavy atom. The number of nitrogens with zero attached hydrogens (tertiary/aromatic N) is 4. The minimum atomic E-state index is -0.728. The van der Waals surface area contributed by atoms with E-state index in [1.165, 1.54) is 0 Å². The minimum Gasteiger partial charge on any atom is -0.444 e. The second-order valence-corrected chi connectivity index (χ2v) is 18.3. The van der Waals surface area contributed by atoms with Crippen LogP contribution >= 0.6 is 0 Å². The second-order valence-electron chi connectivity index (χ2n) is 18.3. The Bertz CT molecular complexity index is 1540. The zero-order valence-corrected chi connectivity index (χ0v) is 31.9. The molecule has 4 heterocycles. The van der Waals surface area contributed by atoms with Crippen LogP contribution in [0.4, 0.5) is 4.79 Å². The minimum absolute atomic E-state index is 0.00951. The highest BCUT2D eigenvalue weighted by Crippen LogP contribution is 2.67. The third kappa shape index (κ3) is 6.36. The highest BCUT2D eigenvalue weighted by atomic mass is 16.7. The summed E-state index contributed by atoms with van der Waals surface area (Å²) in [5.74, 6) is 0.218. The zero-order chi connectivity index (χ0) is 36.5. The highest BCUT2D eigenvalue weighted by molar-refractivity contribution is 6.52. The number of nitrogens with one attached hydrogen (secondary N) is 1. The summed E-state index contributed by atoms with van der Waals surface area (Å²) in [5.41, 5.74) is 0.137. The summed E-state index contributed by atoms with van der Waals surface area (Å²) in [6.45, 7) is 17.9. The summed E-state index contributed by atoms with van der Waals surface area (Å²) in [6, 6.07) is 13.1. The van der Waals surface area contributed by atoms with Crippen molar-refractivity contribution in [2.24, 2.45) is 23.2 Å². The third-order valence-electron chi connectivity index (χ3n) is 14.7. The lowest BCUT2D eigenvalue weighted by Gasteiger charge is -2.64. The van der Waals surface area contributed by atoms with E-state index in [0.717, 1.165) is 64.2 Å². The molecule has 1 N–H and O–H groups in total. The number of piperazine rings is 1. The summed E-state index contributed by atoms with van der Waals surface area (Å²) in [7, 11) is -0.568. The van der Waals surface area contributed by atoms with Gasteiger partial charge in [0.15, 0.2) is 0 Å². The molecule has 11 nitrogen and oxygen atoms in total. The van der Waals surface area contributed by atoms with E-state index in [4.69, 9.17) is 18.8 Å². The van der Waals surface area contributed by atoms with Crippen LogP contribution in [0.1, 0.15) is 91.0 Å². The molecule has 4 saturated carbocycles. The number of piperidine rings is 1. The van der Waals surface area contributed by atoms with Crippen molar-refractivity contribution < 1.29 is 28.4 Å². The first-order valence-electron chi connectivity index (χ1n) is 20.0. The molecule has 2 bridgehead atoms. The average Bonchev–Trinajstić information content (AvgIpc) is 3.71. The Kier molecular flexibility index (Phi) is 9.46. The number of carbonyl (C=O) groups excluding carboxylic acids is 2. The van der Waals surface area contributed by atoms with E-state index >= 15 is 0 Å². The summed E-state index contributed by atoms with van der Waals surface area (Å²) >= 11 is 0. The summed E-state index contributed by atoms with van der Waals surface area (Å²) in [6.07, 6.45) is 4.56. The van der Waals surface area contributed by atoms with Crippen LogP contribution in [0.5, 0.6) is 0 Å². The van der Waals surface area contributed by atoms with Crippen LogP contribution in [-0.2, 0) is 23.6 Å². The molecule has 1 aromatic rings. The van der Waals surface area contributed by atoms with Crippen LogP contribution < -0.4 is 5.32 Å². The number of hydrogen-bond donors (Lipinski definition) is 1. The Balaban J connectivity index is 0.873. The number of benzene rings is 1. The molecule has 8 fully saturated rings. The molecule has 0 spiro atoms. The first kappa shape index (κ1) is 36.3. The van der Waals surface area contributed by atoms with Crippen molar-refractivity contribution in [1.29, 1.82) is 5.26 Å². The molecule has 4 saturated heterocycles. The van der Waals surface area contributed by atoms with Gasteiger partial charge in [0.05, 0.1) is 49.0 Å². The van der Waals surface area contributed by atoms with E-state index in [2.05, 4.69) is 67.9 Å². The normalized spacial score (nSPS) is 36.5. The van der Waals surface area contributed by atoms with Crippen LogP contribution in [-0.4, -0.2) is 121 Å². The van der Waals surface area contributed by atoms with E-state index in [0.29, 0.717) is 56.7 Å². The molecule has 3 unspecified atom stereocenters. The van der Waals surface area contributed by atoms with Crippen molar-refractivity contribution in [3.63, 3.8) is 0 Å². The van der Waals surface area contributed by atoms with Gasteiger partial charge in [-0.3, -0.25) is 14.6 Å². The topological polar surface area (TPSA) is 117 Å². The summed E-state index contributed by atoms with van der Waals surface area (Å²) in [5, 5.41) is 13.4. The standard InChI is InChI=1S/C40H58BN5O6/c1-37(2,46-18-16-44(17-19-46)30-25-49-26-30)14-13-28(23-42)35(47)45-15-9-12-31(24-45)50-36(48)43-40(22-32(40)27-10-7-6-8-11-27)41-51-34-21-29-20-33(38(29,3)4)39(34,5)52-41/h6-8,10-11,28-34H,9,12-22,24-26H2,1-5H3,(H,43,48)/t28?,29-,31-,32?,33-,34+,39-,40?/m0/s1. The van der Waals surface area contributed by atoms with E-state index in [1.54, 1.807) is 4.90 Å². The van der Waals surface area contributed by atoms with E-state index < -0.39 is 30.7 Å². The number of hydrogen-bond acceptors (Lipinski definition) is 9. The van der Waals surface area contributed by atoms with Gasteiger partial charge in [0.1, 0.15) is 12.0 Å². The zero-order valence-electron chi connectivity index (χ0n) is 31.9. The Labute approximate surface area is 310 Å². The molecule has 52 heavy (non-hydrogen) atoms. The number of carbonyl (C=O) groups is 2. The van der Waals surface area contributed by atoms with E-state index in [-0.39, 0.29) is 34.5 Å². The number of nitriles is 1. The average molecular weight is 716 g/mol. The fourth-order valence-corrected chi connectivity index (χ4v) is 10.8. The van der Waals surface area contributed by atoms with Crippen LogP contribution in [0.25, 0.3) is 0 Å². The number of rotatable bonds is 10. The van der Waals surface area contributed by atoms with Crippen LogP contribution in [0.15, 0.2) is 30.3 Å². The van der Waals surface area contributed by atoms with Gasteiger partial charge in [0.25, 0.3) is 0 Å². The number of amides is 2. The van der Waals surface area contributed by atoms with Gasteiger partial charge in [-0.1, -0.05) is 44.2 Å². The van der Waals surface area contributed by atoms with Gasteiger partial charge in [-0.25, -0.2) is 4.79 Å². The number of likely N-dealkylation sites (tertiary alicyclic amines) is 1. The molecule has 0 aromatic heterocycles. The Hall–Kier alpha value is -2.69. The molecule has 282 valence electrons. The summed E-state index contributed by atoms with van der Waals surface area (Å²) in [4.78, 5) is 34.3. The first-order valence-corrected chi connectivity index (χ1v) is 20.0. The predicted octanol–water partition coefficient (Wildman–Crippen LogP) is 4.61. The van der Waals surface area contributed by atoms with Crippen LogP contribution in [0, 0.1) is 34.5 Å². The molecule has 8 atom stereocenters. The lowest BCUT2D eigenvalue weighted by atomic mass is 9.43. The molecular formula is C40H58BN5O6. The van der Waals surface area contributed by atoms with Gasteiger partial charge in [-0.15, -0.1) is 0 Å². The van der Waals surface area contributed by atoms with Gasteiger partial charge in [0, 0.05) is 44.2 Å². The smallest absolute Gasteiger partial charge is 0.444 e. The van der Waals surface area contributed by atoms with Gasteiger partial charge in [-0.05, 0) is 88.5 Å². The monoisotopic (exact) mass is 715 g/mol. The van der Waals surface area contributed by atoms with Gasteiger partial charge < -0.3 is 29.0 Å². The van der Waals surface area contributed by atoms with E-state index in [9.17, 15) is 14.9 Å². The number of ether oxygens (including phenoxy) is 2. The quantitative estimate of drug-likeness (QED) is 0.347. The number of alkyl carbamates (subject to hydrolysis) is 1. The van der Waals surface area contributed by atoms with Crippen molar-refractivity contribution in [1.82, 2.24) is 20.0 Å². The van der Waals surface area contributed by atoms with Gasteiger partial charge in [-0.2, -0.15) is 5.26 Å². The maximum absolute atomic E-state index is 13.8. The van der Waals surface area contributed by atoms with Crippen molar-refractivity contribution >= 4 is 19.1 Å². The molecule has 4 aliphatic heterocycles. The van der Waals surface area contributed by atoms with Crippen LogP contribution in [0.3, 0.4) is 0 Å². The fraction of sp³-hybridized carbons (Fsp3) is 0.775. The molecule has 8 aliphatic rings. The van der Waals surface area contributed by atoms with E-state index in [1.807, 2.05) is 18.2 Å². The second kappa shape index (κ2) is 13.6. The maximum Gasteiger partial charge on any atom is 0.485 e. The largest absolute Gasteiger partial charge is 0.485 e. The fourth-order valence-electron chi connectivity index (χ4n) is 10.8. The lowest BCUT2D eigenvalue weighted by Crippen LogP contribution is -2.65. The Morgan fingerprint density at radius 1 is 1.10 bits per heavy atom.